The van der Waals surface area contributed by atoms with Crippen molar-refractivity contribution in [1.29, 1.82) is 0 Å². The summed E-state index contributed by atoms with van der Waals surface area (Å²) in [6.45, 7) is 1.76. The maximum atomic E-state index is 11.5. The van der Waals surface area contributed by atoms with Crippen LogP contribution in [0.4, 0.5) is 0 Å². The van der Waals surface area contributed by atoms with Gasteiger partial charge < -0.3 is 14.4 Å². The third kappa shape index (κ3) is 2.01. The normalized spacial score (nSPS) is 11.1. The fraction of sp³-hybridized carbons (Fsp3) is 0.0625. The molecule has 0 saturated carbocycles. The number of fused-ring (bicyclic) bond motifs is 1. The molecule has 0 amide bonds. The molecule has 0 aliphatic carbocycles. The molecule has 0 spiro atoms. The van der Waals surface area contributed by atoms with Crippen LogP contribution in [0.3, 0.4) is 0 Å². The molecule has 0 aliphatic rings. The van der Waals surface area contributed by atoms with Gasteiger partial charge in [-0.2, -0.15) is 0 Å². The Morgan fingerprint density at radius 1 is 0.955 bits per heavy atom. The lowest BCUT2D eigenvalue weighted by Gasteiger charge is -2.04. The molecule has 0 aliphatic heterocycles. The Morgan fingerprint density at radius 2 is 1.73 bits per heavy atom. The maximum Gasteiger partial charge on any atom is 0.323 e. The number of rotatable bonds is 2. The highest BCUT2D eigenvalue weighted by molar-refractivity contribution is 5.91. The van der Waals surface area contributed by atoms with E-state index in [0.717, 1.165) is 27.7 Å². The van der Waals surface area contributed by atoms with Crippen molar-refractivity contribution >= 4 is 11.0 Å². The van der Waals surface area contributed by atoms with Gasteiger partial charge in [-0.3, -0.25) is 0 Å². The van der Waals surface area contributed by atoms with E-state index in [4.69, 9.17) is 4.42 Å². The lowest BCUT2D eigenvalue weighted by Crippen LogP contribution is -1.99. The number of para-hydroxylation sites is 1. The highest BCUT2D eigenvalue weighted by Gasteiger charge is 2.09. The van der Waals surface area contributed by atoms with Gasteiger partial charge in [-0.05, 0) is 23.8 Å². The van der Waals surface area contributed by atoms with E-state index in [1.807, 2.05) is 42.5 Å². The number of aromatic nitrogens is 4. The van der Waals surface area contributed by atoms with E-state index in [-0.39, 0.29) is 5.69 Å². The summed E-state index contributed by atoms with van der Waals surface area (Å²) in [4.78, 5) is 17.1. The zero-order valence-electron chi connectivity index (χ0n) is 11.8. The Labute approximate surface area is 124 Å². The minimum Gasteiger partial charge on any atom is -0.421 e. The summed E-state index contributed by atoms with van der Waals surface area (Å²) in [5.74, 6) is 1.03. The van der Waals surface area contributed by atoms with Crippen LogP contribution < -0.4 is 5.69 Å². The van der Waals surface area contributed by atoms with Gasteiger partial charge in [0.2, 0.25) is 11.8 Å². The van der Waals surface area contributed by atoms with E-state index in [1.54, 1.807) is 6.92 Å². The molecular formula is C16H12N4O2. The third-order valence-corrected chi connectivity index (χ3v) is 3.52. The number of hydrogen-bond donors (Lipinski definition) is 2. The van der Waals surface area contributed by atoms with E-state index >= 15 is 0 Å². The van der Waals surface area contributed by atoms with Crippen LogP contribution in [-0.2, 0) is 0 Å². The van der Waals surface area contributed by atoms with Gasteiger partial charge in [0.05, 0.1) is 11.0 Å². The lowest BCUT2D eigenvalue weighted by atomic mass is 10.0. The van der Waals surface area contributed by atoms with Gasteiger partial charge in [-0.15, -0.1) is 10.2 Å². The van der Waals surface area contributed by atoms with Crippen LogP contribution in [0.15, 0.2) is 51.7 Å². The number of hydrogen-bond acceptors (Lipinski definition) is 4. The topological polar surface area (TPSA) is 87.6 Å². The van der Waals surface area contributed by atoms with Gasteiger partial charge in [0, 0.05) is 18.1 Å². The van der Waals surface area contributed by atoms with E-state index in [0.29, 0.717) is 11.8 Å². The highest BCUT2D eigenvalue weighted by atomic mass is 16.4. The van der Waals surface area contributed by atoms with Crippen molar-refractivity contribution in [3.8, 4) is 22.6 Å². The molecule has 0 bridgehead atoms. The summed E-state index contributed by atoms with van der Waals surface area (Å²) >= 11 is 0. The van der Waals surface area contributed by atoms with Crippen molar-refractivity contribution in [2.24, 2.45) is 0 Å². The standard InChI is InChI=1S/C16H12N4O2/c1-9-19-20-15(22-9)11-7-5-10(6-8-11)12-3-2-4-13-14(12)18-16(21)17-13/h2-8H,1H3,(H2,17,18,21). The van der Waals surface area contributed by atoms with Gasteiger partial charge in [-0.1, -0.05) is 24.3 Å². The Bertz CT molecular complexity index is 1010. The van der Waals surface area contributed by atoms with Crippen molar-refractivity contribution in [3.63, 3.8) is 0 Å². The van der Waals surface area contributed by atoms with Crippen LogP contribution >= 0.6 is 0 Å². The average Bonchev–Trinajstić information content (AvgIpc) is 3.12. The van der Waals surface area contributed by atoms with Crippen LogP contribution in [0, 0.1) is 6.92 Å². The average molecular weight is 292 g/mol. The molecule has 4 aromatic rings. The molecule has 2 aromatic heterocycles. The quantitative estimate of drug-likeness (QED) is 0.594. The Balaban J connectivity index is 1.80. The van der Waals surface area contributed by atoms with Crippen LogP contribution in [-0.4, -0.2) is 20.2 Å². The number of aryl methyl sites for hydroxylation is 1. The zero-order valence-corrected chi connectivity index (χ0v) is 11.8. The largest absolute Gasteiger partial charge is 0.421 e. The number of nitrogens with one attached hydrogen (secondary N) is 2. The number of benzene rings is 2. The Kier molecular flexibility index (Phi) is 2.69. The Hall–Kier alpha value is -3.15. The fourth-order valence-corrected chi connectivity index (χ4v) is 2.50. The van der Waals surface area contributed by atoms with Gasteiger partial charge in [0.1, 0.15) is 0 Å². The summed E-state index contributed by atoms with van der Waals surface area (Å²) in [5, 5.41) is 7.83. The molecule has 0 atom stereocenters. The molecule has 0 saturated heterocycles. The minimum absolute atomic E-state index is 0.208. The van der Waals surface area contributed by atoms with Gasteiger partial charge in [0.25, 0.3) is 0 Å². The summed E-state index contributed by atoms with van der Waals surface area (Å²) in [5.41, 5.74) is 4.21. The SMILES string of the molecule is Cc1nnc(-c2ccc(-c3cccc4[nH]c(=O)[nH]c34)cc2)o1. The second-order valence-corrected chi connectivity index (χ2v) is 5.01. The first-order valence-electron chi connectivity index (χ1n) is 6.82. The first-order valence-corrected chi connectivity index (χ1v) is 6.82. The molecule has 6 heteroatoms. The molecule has 4 rings (SSSR count). The van der Waals surface area contributed by atoms with Gasteiger partial charge >= 0.3 is 5.69 Å². The van der Waals surface area contributed by atoms with Crippen molar-refractivity contribution < 1.29 is 4.42 Å². The molecule has 0 fully saturated rings. The summed E-state index contributed by atoms with van der Waals surface area (Å²) < 4.78 is 5.41. The molecule has 22 heavy (non-hydrogen) atoms. The van der Waals surface area contributed by atoms with Crippen LogP contribution in [0.1, 0.15) is 5.89 Å². The second kappa shape index (κ2) is 4.70. The van der Waals surface area contributed by atoms with Crippen LogP contribution in [0.25, 0.3) is 33.6 Å². The third-order valence-electron chi connectivity index (χ3n) is 3.52. The number of nitrogens with zero attached hydrogens (tertiary/aromatic N) is 2. The van der Waals surface area contributed by atoms with Crippen molar-refractivity contribution in [1.82, 2.24) is 20.2 Å². The van der Waals surface area contributed by atoms with Crippen LogP contribution in [0.5, 0.6) is 0 Å². The van der Waals surface area contributed by atoms with E-state index in [1.165, 1.54) is 0 Å². The first kappa shape index (κ1) is 12.6. The number of imidazole rings is 1. The fourth-order valence-electron chi connectivity index (χ4n) is 2.50. The van der Waals surface area contributed by atoms with Crippen molar-refractivity contribution in [2.75, 3.05) is 0 Å². The molecule has 2 N–H and O–H groups in total. The van der Waals surface area contributed by atoms with Gasteiger partial charge in [0.15, 0.2) is 0 Å². The van der Waals surface area contributed by atoms with Gasteiger partial charge in [-0.25, -0.2) is 4.79 Å². The lowest BCUT2D eigenvalue weighted by molar-refractivity contribution is 0.533. The first-order chi connectivity index (χ1) is 10.7. The summed E-state index contributed by atoms with van der Waals surface area (Å²) in [6.07, 6.45) is 0. The summed E-state index contributed by atoms with van der Waals surface area (Å²) in [6, 6.07) is 13.5. The van der Waals surface area contributed by atoms with E-state index in [2.05, 4.69) is 20.2 Å². The molecule has 6 nitrogen and oxygen atoms in total. The monoisotopic (exact) mass is 292 g/mol. The van der Waals surface area contributed by atoms with Crippen molar-refractivity contribution in [3.05, 3.63) is 58.8 Å². The maximum absolute atomic E-state index is 11.5. The summed E-state index contributed by atoms with van der Waals surface area (Å²) in [7, 11) is 0. The smallest absolute Gasteiger partial charge is 0.323 e. The second-order valence-electron chi connectivity index (χ2n) is 5.01. The van der Waals surface area contributed by atoms with E-state index in [9.17, 15) is 4.79 Å². The molecule has 2 heterocycles. The predicted octanol–water partition coefficient (Wildman–Crippen LogP) is 2.88. The molecule has 0 radical (unpaired) electrons. The molecule has 108 valence electrons. The predicted molar refractivity (Wildman–Crippen MR) is 82.4 cm³/mol. The Morgan fingerprint density at radius 3 is 2.45 bits per heavy atom. The number of aromatic amines is 2. The van der Waals surface area contributed by atoms with Crippen molar-refractivity contribution in [2.45, 2.75) is 6.92 Å². The minimum atomic E-state index is -0.208. The number of H-pyrrole nitrogens is 2. The molecule has 2 aromatic carbocycles. The zero-order chi connectivity index (χ0) is 15.1. The van der Waals surface area contributed by atoms with Crippen LogP contribution in [0.2, 0.25) is 0 Å². The highest BCUT2D eigenvalue weighted by Crippen LogP contribution is 2.28. The molecule has 0 unspecified atom stereocenters. The van der Waals surface area contributed by atoms with E-state index < -0.39 is 0 Å². The molecular weight excluding hydrogens is 280 g/mol.